The standard InChI is InChI=1S/C18H21N5O2/c1-12-5-8-20-18(25-4)16(12)21-17-13-7-10-23(11-15(24)22(2)3)14(13)6-9-19-17/h5-10H,11H2,1-4H3,(H,19,21). The number of aromatic nitrogens is 3. The highest BCUT2D eigenvalue weighted by Gasteiger charge is 2.13. The zero-order valence-corrected chi connectivity index (χ0v) is 14.8. The van der Waals surface area contributed by atoms with Crippen LogP contribution in [-0.4, -0.2) is 46.5 Å². The molecule has 0 saturated carbocycles. The SMILES string of the molecule is COc1nccc(C)c1Nc1nccc2c1ccn2CC(=O)N(C)C. The minimum Gasteiger partial charge on any atom is -0.480 e. The summed E-state index contributed by atoms with van der Waals surface area (Å²) in [6.07, 6.45) is 5.32. The Bertz CT molecular complexity index is 917. The molecule has 0 aliphatic heterocycles. The van der Waals surface area contributed by atoms with E-state index in [-0.39, 0.29) is 12.5 Å². The summed E-state index contributed by atoms with van der Waals surface area (Å²) >= 11 is 0. The largest absolute Gasteiger partial charge is 0.480 e. The second-order valence-electron chi connectivity index (χ2n) is 5.96. The van der Waals surface area contributed by atoms with E-state index in [1.54, 1.807) is 38.5 Å². The van der Waals surface area contributed by atoms with Crippen LogP contribution in [0.4, 0.5) is 11.5 Å². The minimum atomic E-state index is 0.0357. The molecular weight excluding hydrogens is 318 g/mol. The number of nitrogens with one attached hydrogen (secondary N) is 1. The van der Waals surface area contributed by atoms with Crippen LogP contribution in [0.5, 0.6) is 5.88 Å². The van der Waals surface area contributed by atoms with Gasteiger partial charge in [0.05, 0.1) is 12.6 Å². The third-order valence-electron chi connectivity index (χ3n) is 4.06. The highest BCUT2D eigenvalue weighted by Crippen LogP contribution is 2.31. The number of methoxy groups -OCH3 is 1. The molecule has 3 rings (SSSR count). The Balaban J connectivity index is 1.99. The van der Waals surface area contributed by atoms with Crippen molar-refractivity contribution in [2.45, 2.75) is 13.5 Å². The van der Waals surface area contributed by atoms with Crippen molar-refractivity contribution >= 4 is 28.3 Å². The van der Waals surface area contributed by atoms with Gasteiger partial charge in [0.25, 0.3) is 0 Å². The summed E-state index contributed by atoms with van der Waals surface area (Å²) < 4.78 is 7.25. The first-order valence-corrected chi connectivity index (χ1v) is 7.92. The van der Waals surface area contributed by atoms with Crippen molar-refractivity contribution in [2.75, 3.05) is 26.5 Å². The monoisotopic (exact) mass is 339 g/mol. The third-order valence-corrected chi connectivity index (χ3v) is 4.06. The van der Waals surface area contributed by atoms with Crippen LogP contribution >= 0.6 is 0 Å². The van der Waals surface area contributed by atoms with Gasteiger partial charge in [0, 0.05) is 38.1 Å². The van der Waals surface area contributed by atoms with Gasteiger partial charge in [-0.2, -0.15) is 0 Å². The third kappa shape index (κ3) is 3.26. The van der Waals surface area contributed by atoms with Gasteiger partial charge in [-0.3, -0.25) is 4.79 Å². The summed E-state index contributed by atoms with van der Waals surface area (Å²) in [4.78, 5) is 22.3. The predicted octanol–water partition coefficient (Wildman–Crippen LogP) is 2.58. The summed E-state index contributed by atoms with van der Waals surface area (Å²) in [6.45, 7) is 2.27. The lowest BCUT2D eigenvalue weighted by Crippen LogP contribution is -2.25. The van der Waals surface area contributed by atoms with Crippen LogP contribution in [0.3, 0.4) is 0 Å². The molecule has 0 bridgehead atoms. The lowest BCUT2D eigenvalue weighted by molar-refractivity contribution is -0.129. The number of aryl methyl sites for hydroxylation is 1. The van der Waals surface area contributed by atoms with Crippen molar-refractivity contribution in [1.29, 1.82) is 0 Å². The Morgan fingerprint density at radius 1 is 1.24 bits per heavy atom. The van der Waals surface area contributed by atoms with E-state index >= 15 is 0 Å². The molecular formula is C18H21N5O2. The average molecular weight is 339 g/mol. The van der Waals surface area contributed by atoms with Crippen LogP contribution < -0.4 is 10.1 Å². The van der Waals surface area contributed by atoms with Crippen molar-refractivity contribution in [3.63, 3.8) is 0 Å². The Labute approximate surface area is 146 Å². The Morgan fingerprint density at radius 2 is 2.00 bits per heavy atom. The molecule has 1 amide bonds. The molecule has 25 heavy (non-hydrogen) atoms. The summed E-state index contributed by atoms with van der Waals surface area (Å²) in [5, 5.41) is 4.25. The summed E-state index contributed by atoms with van der Waals surface area (Å²) in [5.41, 5.74) is 2.73. The van der Waals surface area contributed by atoms with Crippen molar-refractivity contribution in [3.8, 4) is 5.88 Å². The molecule has 0 aliphatic rings. The molecule has 0 aromatic carbocycles. The molecule has 0 aliphatic carbocycles. The number of hydrogen-bond donors (Lipinski definition) is 1. The zero-order valence-electron chi connectivity index (χ0n) is 14.8. The molecule has 0 unspecified atom stereocenters. The Hall–Kier alpha value is -3.09. The molecule has 0 fully saturated rings. The zero-order chi connectivity index (χ0) is 18.0. The number of carbonyl (C=O) groups excluding carboxylic acids is 1. The Morgan fingerprint density at radius 3 is 2.72 bits per heavy atom. The van der Waals surface area contributed by atoms with E-state index in [0.717, 1.165) is 22.2 Å². The fourth-order valence-electron chi connectivity index (χ4n) is 2.61. The first-order chi connectivity index (χ1) is 12.0. The van der Waals surface area contributed by atoms with E-state index in [1.807, 2.05) is 35.9 Å². The summed E-state index contributed by atoms with van der Waals surface area (Å²) in [6, 6.07) is 5.76. The van der Waals surface area contributed by atoms with Gasteiger partial charge in [-0.25, -0.2) is 9.97 Å². The number of rotatable bonds is 5. The molecule has 0 radical (unpaired) electrons. The fourth-order valence-corrected chi connectivity index (χ4v) is 2.61. The first-order valence-electron chi connectivity index (χ1n) is 7.92. The van der Waals surface area contributed by atoms with Crippen molar-refractivity contribution in [3.05, 3.63) is 42.4 Å². The van der Waals surface area contributed by atoms with Gasteiger partial charge in [0.2, 0.25) is 11.8 Å². The minimum absolute atomic E-state index is 0.0357. The van der Waals surface area contributed by atoms with Crippen molar-refractivity contribution in [2.24, 2.45) is 0 Å². The van der Waals surface area contributed by atoms with Gasteiger partial charge < -0.3 is 19.5 Å². The number of hydrogen-bond acceptors (Lipinski definition) is 5. The normalized spacial score (nSPS) is 10.7. The predicted molar refractivity (Wildman–Crippen MR) is 97.2 cm³/mol. The van der Waals surface area contributed by atoms with Gasteiger partial charge in [0.15, 0.2) is 0 Å². The number of ether oxygens (including phenoxy) is 1. The molecule has 3 aromatic rings. The van der Waals surface area contributed by atoms with E-state index in [1.165, 1.54) is 0 Å². The molecule has 0 saturated heterocycles. The van der Waals surface area contributed by atoms with Crippen LogP contribution in [-0.2, 0) is 11.3 Å². The van der Waals surface area contributed by atoms with Crippen LogP contribution in [0.15, 0.2) is 36.8 Å². The lowest BCUT2D eigenvalue weighted by Gasteiger charge is -2.14. The number of anilines is 2. The molecule has 3 aromatic heterocycles. The van der Waals surface area contributed by atoms with E-state index in [4.69, 9.17) is 4.74 Å². The summed E-state index contributed by atoms with van der Waals surface area (Å²) in [5.74, 6) is 1.25. The van der Waals surface area contributed by atoms with Gasteiger partial charge in [-0.1, -0.05) is 0 Å². The number of likely N-dealkylation sites (N-methyl/N-ethyl adjacent to an activating group) is 1. The van der Waals surface area contributed by atoms with Crippen molar-refractivity contribution < 1.29 is 9.53 Å². The van der Waals surface area contributed by atoms with E-state index in [9.17, 15) is 4.79 Å². The molecule has 0 spiro atoms. The van der Waals surface area contributed by atoms with Crippen LogP contribution in [0.25, 0.3) is 10.9 Å². The van der Waals surface area contributed by atoms with E-state index in [0.29, 0.717) is 11.7 Å². The van der Waals surface area contributed by atoms with Gasteiger partial charge in [-0.15, -0.1) is 0 Å². The maximum absolute atomic E-state index is 12.0. The van der Waals surface area contributed by atoms with Gasteiger partial charge in [-0.05, 0) is 30.7 Å². The first kappa shape index (κ1) is 16.8. The number of amides is 1. The molecule has 7 nitrogen and oxygen atoms in total. The molecule has 1 N–H and O–H groups in total. The van der Waals surface area contributed by atoms with E-state index in [2.05, 4.69) is 15.3 Å². The molecule has 7 heteroatoms. The maximum atomic E-state index is 12.0. The smallest absolute Gasteiger partial charge is 0.241 e. The fraction of sp³-hybridized carbons (Fsp3) is 0.278. The topological polar surface area (TPSA) is 72.3 Å². The summed E-state index contributed by atoms with van der Waals surface area (Å²) in [7, 11) is 5.09. The molecule has 130 valence electrons. The Kier molecular flexibility index (Phi) is 4.56. The van der Waals surface area contributed by atoms with Gasteiger partial charge in [0.1, 0.15) is 18.1 Å². The second-order valence-corrected chi connectivity index (χ2v) is 5.96. The van der Waals surface area contributed by atoms with Gasteiger partial charge >= 0.3 is 0 Å². The number of nitrogens with zero attached hydrogens (tertiary/aromatic N) is 4. The van der Waals surface area contributed by atoms with E-state index < -0.39 is 0 Å². The van der Waals surface area contributed by atoms with Crippen LogP contribution in [0, 0.1) is 6.92 Å². The maximum Gasteiger partial charge on any atom is 0.241 e. The number of pyridine rings is 2. The number of fused-ring (bicyclic) bond motifs is 1. The quantitative estimate of drug-likeness (QED) is 0.773. The lowest BCUT2D eigenvalue weighted by atomic mass is 10.2. The number of carbonyl (C=O) groups is 1. The highest BCUT2D eigenvalue weighted by molar-refractivity contribution is 5.93. The molecule has 3 heterocycles. The average Bonchev–Trinajstić information content (AvgIpc) is 3.00. The van der Waals surface area contributed by atoms with Crippen LogP contribution in [0.1, 0.15) is 5.56 Å². The highest BCUT2D eigenvalue weighted by atomic mass is 16.5. The van der Waals surface area contributed by atoms with Crippen molar-refractivity contribution in [1.82, 2.24) is 19.4 Å². The molecule has 0 atom stereocenters. The van der Waals surface area contributed by atoms with Crippen LogP contribution in [0.2, 0.25) is 0 Å². The second kappa shape index (κ2) is 6.80.